The molecule has 1 heterocycles. The van der Waals surface area contributed by atoms with Crippen molar-refractivity contribution < 1.29 is 23.6 Å². The Morgan fingerprint density at radius 2 is 2.19 bits per heavy atom. The molecule has 0 amide bonds. The number of nitrogens with two attached hydrogens (primary N) is 1. The number of anilines is 1. The van der Waals surface area contributed by atoms with Crippen LogP contribution in [0.4, 0.5) is 20.3 Å². The molecule has 3 N–H and O–H groups in total. The van der Waals surface area contributed by atoms with Gasteiger partial charge in [-0.2, -0.15) is 0 Å². The number of pyridine rings is 1. The van der Waals surface area contributed by atoms with Crippen molar-refractivity contribution in [2.24, 2.45) is 0 Å². The van der Waals surface area contributed by atoms with Crippen LogP contribution in [0, 0.1) is 10.1 Å². The number of nitro groups is 1. The van der Waals surface area contributed by atoms with E-state index in [-0.39, 0.29) is 0 Å². The molecule has 16 heavy (non-hydrogen) atoms. The molecule has 0 spiro atoms. The largest absolute Gasteiger partial charge is 0.477 e. The Morgan fingerprint density at radius 3 is 2.56 bits per heavy atom. The van der Waals surface area contributed by atoms with Gasteiger partial charge in [0.1, 0.15) is 11.4 Å². The van der Waals surface area contributed by atoms with Crippen LogP contribution in [0.25, 0.3) is 0 Å². The Bertz CT molecular complexity index is 463. The first-order chi connectivity index (χ1) is 7.34. The summed E-state index contributed by atoms with van der Waals surface area (Å²) in [6.45, 7) is 0. The lowest BCUT2D eigenvalue weighted by atomic mass is 10.2. The van der Waals surface area contributed by atoms with Gasteiger partial charge in [-0.1, -0.05) is 0 Å². The molecule has 1 aromatic heterocycles. The number of carboxylic acid groups (broad SMARTS) is 1. The van der Waals surface area contributed by atoms with Gasteiger partial charge >= 0.3 is 5.97 Å². The fraction of sp³-hybridized carbons (Fsp3) is 0.143. The molecule has 0 aliphatic carbocycles. The van der Waals surface area contributed by atoms with Gasteiger partial charge in [0.15, 0.2) is 5.69 Å². The van der Waals surface area contributed by atoms with E-state index in [1.165, 1.54) is 0 Å². The molecule has 0 atom stereocenters. The molecule has 0 saturated carbocycles. The molecule has 0 radical (unpaired) electrons. The lowest BCUT2D eigenvalue weighted by Gasteiger charge is -2.05. The molecule has 0 saturated heterocycles. The minimum Gasteiger partial charge on any atom is -0.477 e. The summed E-state index contributed by atoms with van der Waals surface area (Å²) in [6.07, 6.45) is -3.20. The highest BCUT2D eigenvalue weighted by Crippen LogP contribution is 2.33. The Labute approximate surface area is 86.7 Å². The molecule has 86 valence electrons. The third kappa shape index (κ3) is 2.02. The van der Waals surface area contributed by atoms with Crippen LogP contribution >= 0.6 is 0 Å². The summed E-state index contributed by atoms with van der Waals surface area (Å²) in [5.74, 6) is -2.45. The molecule has 9 heteroatoms. The van der Waals surface area contributed by atoms with Crippen molar-refractivity contribution in [3.05, 3.63) is 27.4 Å². The van der Waals surface area contributed by atoms with Gasteiger partial charge in [0.25, 0.3) is 12.1 Å². The van der Waals surface area contributed by atoms with Gasteiger partial charge in [-0.3, -0.25) is 10.1 Å². The topological polar surface area (TPSA) is 119 Å². The van der Waals surface area contributed by atoms with E-state index in [1.54, 1.807) is 0 Å². The first kappa shape index (κ1) is 11.8. The maximum Gasteiger partial charge on any atom is 0.354 e. The molecule has 1 rings (SSSR count). The van der Waals surface area contributed by atoms with Gasteiger partial charge < -0.3 is 10.8 Å². The van der Waals surface area contributed by atoms with Crippen molar-refractivity contribution >= 4 is 17.5 Å². The van der Waals surface area contributed by atoms with Crippen molar-refractivity contribution in [2.75, 3.05) is 5.73 Å². The highest BCUT2D eigenvalue weighted by molar-refractivity contribution is 5.87. The SMILES string of the molecule is Nc1nc(C(=O)O)cc([N+](=O)[O-])c1C(F)F. The highest BCUT2D eigenvalue weighted by atomic mass is 19.3. The first-order valence-electron chi connectivity index (χ1n) is 3.80. The second kappa shape index (κ2) is 4.04. The normalized spacial score (nSPS) is 10.4. The number of halogens is 2. The molecular formula is C7H5F2N3O4. The molecule has 0 aliphatic heterocycles. The minimum absolute atomic E-state index is 0.445. The summed E-state index contributed by atoms with van der Waals surface area (Å²) in [4.78, 5) is 22.9. The second-order valence-corrected chi connectivity index (χ2v) is 2.69. The fourth-order valence-corrected chi connectivity index (χ4v) is 1.04. The van der Waals surface area contributed by atoms with Gasteiger partial charge in [0.2, 0.25) is 0 Å². The average molecular weight is 233 g/mol. The van der Waals surface area contributed by atoms with Crippen LogP contribution in [0.3, 0.4) is 0 Å². The lowest BCUT2D eigenvalue weighted by Crippen LogP contribution is -2.09. The lowest BCUT2D eigenvalue weighted by molar-refractivity contribution is -0.386. The van der Waals surface area contributed by atoms with E-state index in [4.69, 9.17) is 10.8 Å². The summed E-state index contributed by atoms with van der Waals surface area (Å²) in [5.41, 5.74) is 2.15. The monoisotopic (exact) mass is 233 g/mol. The molecule has 1 aromatic rings. The molecular weight excluding hydrogens is 228 g/mol. The Kier molecular flexibility index (Phi) is 2.97. The predicted octanol–water partition coefficient (Wildman–Crippen LogP) is 1.21. The third-order valence-corrected chi connectivity index (χ3v) is 1.70. The molecule has 0 bridgehead atoms. The number of nitrogens with zero attached hydrogens (tertiary/aromatic N) is 2. The fourth-order valence-electron chi connectivity index (χ4n) is 1.04. The van der Waals surface area contributed by atoms with Gasteiger partial charge in [-0.05, 0) is 0 Å². The van der Waals surface area contributed by atoms with Crippen molar-refractivity contribution in [3.8, 4) is 0 Å². The quantitative estimate of drug-likeness (QED) is 0.598. The van der Waals surface area contributed by atoms with Gasteiger partial charge in [-0.15, -0.1) is 0 Å². The number of rotatable bonds is 3. The number of hydrogen-bond acceptors (Lipinski definition) is 5. The third-order valence-electron chi connectivity index (χ3n) is 1.70. The first-order valence-corrected chi connectivity index (χ1v) is 3.80. The van der Waals surface area contributed by atoms with Crippen LogP contribution < -0.4 is 5.73 Å². The predicted molar refractivity (Wildman–Crippen MR) is 47.2 cm³/mol. The highest BCUT2D eigenvalue weighted by Gasteiger charge is 2.28. The Morgan fingerprint density at radius 1 is 1.62 bits per heavy atom. The van der Waals surface area contributed by atoms with E-state index in [9.17, 15) is 23.7 Å². The zero-order chi connectivity index (χ0) is 12.5. The van der Waals surface area contributed by atoms with Crippen LogP contribution in [-0.2, 0) is 0 Å². The van der Waals surface area contributed by atoms with E-state index >= 15 is 0 Å². The summed E-state index contributed by atoms with van der Waals surface area (Å²) in [5, 5.41) is 19.0. The van der Waals surface area contributed by atoms with Crippen LogP contribution in [0.15, 0.2) is 6.07 Å². The molecule has 0 unspecified atom stereocenters. The maximum atomic E-state index is 12.4. The second-order valence-electron chi connectivity index (χ2n) is 2.69. The zero-order valence-electron chi connectivity index (χ0n) is 7.55. The summed E-state index contributed by atoms with van der Waals surface area (Å²) >= 11 is 0. The molecule has 0 aromatic carbocycles. The number of nitrogen functional groups attached to an aromatic ring is 1. The minimum atomic E-state index is -3.20. The number of carbonyl (C=O) groups is 1. The molecule has 7 nitrogen and oxygen atoms in total. The van der Waals surface area contributed by atoms with Gasteiger partial charge in [0.05, 0.1) is 4.92 Å². The van der Waals surface area contributed by atoms with Crippen LogP contribution in [0.5, 0.6) is 0 Å². The number of aromatic nitrogens is 1. The van der Waals surface area contributed by atoms with E-state index in [0.717, 1.165) is 0 Å². The smallest absolute Gasteiger partial charge is 0.354 e. The van der Waals surface area contributed by atoms with Gasteiger partial charge in [-0.25, -0.2) is 18.6 Å². The van der Waals surface area contributed by atoms with E-state index < -0.39 is 40.1 Å². The van der Waals surface area contributed by atoms with Crippen LogP contribution in [0.2, 0.25) is 0 Å². The number of carboxylic acids is 1. The van der Waals surface area contributed by atoms with Crippen LogP contribution in [0.1, 0.15) is 22.5 Å². The Balaban J connectivity index is 3.52. The number of aromatic carboxylic acids is 1. The zero-order valence-corrected chi connectivity index (χ0v) is 7.55. The van der Waals surface area contributed by atoms with E-state index in [1.807, 2.05) is 0 Å². The van der Waals surface area contributed by atoms with Crippen molar-refractivity contribution in [3.63, 3.8) is 0 Å². The summed E-state index contributed by atoms with van der Waals surface area (Å²) in [6, 6.07) is 0.445. The summed E-state index contributed by atoms with van der Waals surface area (Å²) < 4.78 is 24.8. The average Bonchev–Trinajstić information content (AvgIpc) is 2.15. The van der Waals surface area contributed by atoms with Crippen molar-refractivity contribution in [2.45, 2.75) is 6.43 Å². The number of hydrogen-bond donors (Lipinski definition) is 2. The van der Waals surface area contributed by atoms with Crippen molar-refractivity contribution in [1.29, 1.82) is 0 Å². The molecule has 0 fully saturated rings. The van der Waals surface area contributed by atoms with Gasteiger partial charge in [0, 0.05) is 6.07 Å². The summed E-state index contributed by atoms with van der Waals surface area (Å²) in [7, 11) is 0. The van der Waals surface area contributed by atoms with Crippen LogP contribution in [-0.4, -0.2) is 21.0 Å². The molecule has 0 aliphatic rings. The Hall–Kier alpha value is -2.32. The van der Waals surface area contributed by atoms with E-state index in [2.05, 4.69) is 4.98 Å². The standard InChI is InChI=1S/C7H5F2N3O4/c8-5(9)4-3(12(15)16)1-2(7(13)14)11-6(4)10/h1,5H,(H2,10,11)(H,13,14). The van der Waals surface area contributed by atoms with E-state index in [0.29, 0.717) is 6.07 Å². The van der Waals surface area contributed by atoms with Crippen molar-refractivity contribution in [1.82, 2.24) is 4.98 Å². The maximum absolute atomic E-state index is 12.4. The number of alkyl halides is 2.